The van der Waals surface area contributed by atoms with Crippen molar-refractivity contribution < 1.29 is 17.9 Å². The van der Waals surface area contributed by atoms with E-state index in [1.165, 1.54) is 0 Å². The van der Waals surface area contributed by atoms with Crippen LogP contribution < -0.4 is 0 Å². The highest BCUT2D eigenvalue weighted by atomic mass is 19.4. The number of halogens is 3. The first kappa shape index (κ1) is 13.6. The normalized spacial score (nSPS) is 26.8. The van der Waals surface area contributed by atoms with E-state index in [4.69, 9.17) is 4.74 Å². The molecular formula is C12H19F3O. The lowest BCUT2D eigenvalue weighted by molar-refractivity contribution is -0.189. The molecule has 1 aliphatic rings. The lowest BCUT2D eigenvalue weighted by atomic mass is 9.83. The summed E-state index contributed by atoms with van der Waals surface area (Å²) in [6.45, 7) is 4.68. The van der Waals surface area contributed by atoms with E-state index >= 15 is 0 Å². The predicted octanol–water partition coefficient (Wildman–Crippen LogP) is 4.09. The fraction of sp³-hybridized carbons (Fsp3) is 0.833. The maximum absolute atomic E-state index is 12.0. The molecule has 94 valence electrons. The Hall–Kier alpha value is -0.510. The van der Waals surface area contributed by atoms with Crippen LogP contribution in [-0.4, -0.2) is 18.9 Å². The van der Waals surface area contributed by atoms with Gasteiger partial charge in [-0.05, 0) is 38.5 Å². The van der Waals surface area contributed by atoms with Gasteiger partial charge in [0.25, 0.3) is 0 Å². The quantitative estimate of drug-likeness (QED) is 0.668. The van der Waals surface area contributed by atoms with Crippen LogP contribution in [0.15, 0.2) is 12.2 Å². The Labute approximate surface area is 94.7 Å². The van der Waals surface area contributed by atoms with Gasteiger partial charge in [0.2, 0.25) is 0 Å². The van der Waals surface area contributed by atoms with Gasteiger partial charge < -0.3 is 4.74 Å². The molecule has 2 unspecified atom stereocenters. The summed E-state index contributed by atoms with van der Waals surface area (Å²) in [6, 6.07) is 0. The SMILES string of the molecule is C=C(C)CC1CCCC(OCC(F)(F)F)C1. The van der Waals surface area contributed by atoms with Crippen molar-refractivity contribution in [3.63, 3.8) is 0 Å². The molecule has 4 heteroatoms. The van der Waals surface area contributed by atoms with Gasteiger partial charge in [0, 0.05) is 0 Å². The van der Waals surface area contributed by atoms with Gasteiger partial charge in [0.05, 0.1) is 6.10 Å². The predicted molar refractivity (Wildman–Crippen MR) is 57.2 cm³/mol. The molecule has 0 heterocycles. The first-order chi connectivity index (χ1) is 7.37. The zero-order valence-corrected chi connectivity index (χ0v) is 9.65. The molecule has 1 aliphatic carbocycles. The molecule has 0 aliphatic heterocycles. The van der Waals surface area contributed by atoms with Gasteiger partial charge in [-0.25, -0.2) is 0 Å². The highest BCUT2D eigenvalue weighted by Crippen LogP contribution is 2.31. The van der Waals surface area contributed by atoms with Crippen LogP contribution in [0.4, 0.5) is 13.2 Å². The lowest BCUT2D eigenvalue weighted by Gasteiger charge is -2.29. The van der Waals surface area contributed by atoms with E-state index in [0.717, 1.165) is 37.7 Å². The molecule has 0 radical (unpaired) electrons. The first-order valence-electron chi connectivity index (χ1n) is 5.69. The van der Waals surface area contributed by atoms with Crippen LogP contribution in [-0.2, 0) is 4.74 Å². The molecule has 1 rings (SSSR count). The highest BCUT2D eigenvalue weighted by molar-refractivity contribution is 4.92. The molecule has 0 aromatic heterocycles. The number of alkyl halides is 3. The molecule has 2 atom stereocenters. The summed E-state index contributed by atoms with van der Waals surface area (Å²) >= 11 is 0. The molecule has 0 bridgehead atoms. The van der Waals surface area contributed by atoms with Gasteiger partial charge in [0.1, 0.15) is 6.61 Å². The second-order valence-corrected chi connectivity index (χ2v) is 4.74. The Morgan fingerprint density at radius 1 is 1.38 bits per heavy atom. The number of rotatable bonds is 4. The van der Waals surface area contributed by atoms with E-state index in [1.807, 2.05) is 6.92 Å². The number of hydrogen-bond acceptors (Lipinski definition) is 1. The number of ether oxygens (including phenoxy) is 1. The second kappa shape index (κ2) is 5.71. The van der Waals surface area contributed by atoms with E-state index in [2.05, 4.69) is 6.58 Å². The van der Waals surface area contributed by atoms with E-state index < -0.39 is 12.8 Å². The molecular weight excluding hydrogens is 217 g/mol. The lowest BCUT2D eigenvalue weighted by Crippen LogP contribution is -2.28. The van der Waals surface area contributed by atoms with Crippen LogP contribution in [0.2, 0.25) is 0 Å². The van der Waals surface area contributed by atoms with Crippen molar-refractivity contribution in [3.8, 4) is 0 Å². The summed E-state index contributed by atoms with van der Waals surface area (Å²) in [6.07, 6.45) is 0.0117. The van der Waals surface area contributed by atoms with E-state index in [9.17, 15) is 13.2 Å². The molecule has 1 saturated carbocycles. The van der Waals surface area contributed by atoms with Gasteiger partial charge >= 0.3 is 6.18 Å². The van der Waals surface area contributed by atoms with Gasteiger partial charge in [-0.2, -0.15) is 13.2 Å². The third-order valence-electron chi connectivity index (χ3n) is 2.85. The molecule has 0 N–H and O–H groups in total. The Morgan fingerprint density at radius 3 is 2.62 bits per heavy atom. The van der Waals surface area contributed by atoms with Crippen molar-refractivity contribution in [3.05, 3.63) is 12.2 Å². The average molecular weight is 236 g/mol. The molecule has 0 aromatic carbocycles. The minimum atomic E-state index is -4.21. The van der Waals surface area contributed by atoms with Crippen LogP contribution in [0, 0.1) is 5.92 Å². The molecule has 0 aromatic rings. The van der Waals surface area contributed by atoms with Crippen molar-refractivity contribution in [2.45, 2.75) is 51.3 Å². The van der Waals surface area contributed by atoms with E-state index in [1.54, 1.807) is 0 Å². The second-order valence-electron chi connectivity index (χ2n) is 4.74. The summed E-state index contributed by atoms with van der Waals surface area (Å²) in [5.74, 6) is 0.449. The minimum Gasteiger partial charge on any atom is -0.369 e. The van der Waals surface area contributed by atoms with Crippen molar-refractivity contribution >= 4 is 0 Å². The van der Waals surface area contributed by atoms with Gasteiger partial charge in [0.15, 0.2) is 0 Å². The Kier molecular flexibility index (Phi) is 4.84. The monoisotopic (exact) mass is 236 g/mol. The third-order valence-corrected chi connectivity index (χ3v) is 2.85. The van der Waals surface area contributed by atoms with Crippen LogP contribution >= 0.6 is 0 Å². The number of allylic oxidation sites excluding steroid dienone is 1. The van der Waals surface area contributed by atoms with Crippen LogP contribution in [0.3, 0.4) is 0 Å². The molecule has 16 heavy (non-hydrogen) atoms. The first-order valence-corrected chi connectivity index (χ1v) is 5.69. The fourth-order valence-electron chi connectivity index (χ4n) is 2.28. The van der Waals surface area contributed by atoms with Gasteiger partial charge in [-0.1, -0.05) is 12.0 Å². The molecule has 0 spiro atoms. The fourth-order valence-corrected chi connectivity index (χ4v) is 2.28. The average Bonchev–Trinajstić information content (AvgIpc) is 2.13. The standard InChI is InChI=1S/C12H19F3O/c1-9(2)6-10-4-3-5-11(7-10)16-8-12(13,14)15/h10-11H,1,3-8H2,2H3. The van der Waals surface area contributed by atoms with Crippen molar-refractivity contribution in [1.29, 1.82) is 0 Å². The summed E-state index contributed by atoms with van der Waals surface area (Å²) in [7, 11) is 0. The van der Waals surface area contributed by atoms with Crippen molar-refractivity contribution in [2.24, 2.45) is 5.92 Å². The zero-order chi connectivity index (χ0) is 12.2. The topological polar surface area (TPSA) is 9.23 Å². The molecule has 0 amide bonds. The molecule has 1 nitrogen and oxygen atoms in total. The van der Waals surface area contributed by atoms with Gasteiger partial charge in [-0.15, -0.1) is 6.58 Å². The van der Waals surface area contributed by atoms with Crippen LogP contribution in [0.1, 0.15) is 39.0 Å². The Morgan fingerprint density at radius 2 is 2.06 bits per heavy atom. The van der Waals surface area contributed by atoms with E-state index in [0.29, 0.717) is 5.92 Å². The minimum absolute atomic E-state index is 0.222. The zero-order valence-electron chi connectivity index (χ0n) is 9.65. The Bertz CT molecular complexity index is 235. The van der Waals surface area contributed by atoms with Crippen molar-refractivity contribution in [1.82, 2.24) is 0 Å². The number of hydrogen-bond donors (Lipinski definition) is 0. The third kappa shape index (κ3) is 5.54. The van der Waals surface area contributed by atoms with Crippen LogP contribution in [0.5, 0.6) is 0 Å². The summed E-state index contributed by atoms with van der Waals surface area (Å²) in [5.41, 5.74) is 1.10. The van der Waals surface area contributed by atoms with E-state index in [-0.39, 0.29) is 6.10 Å². The highest BCUT2D eigenvalue weighted by Gasteiger charge is 2.31. The maximum atomic E-state index is 12.0. The smallest absolute Gasteiger partial charge is 0.369 e. The Balaban J connectivity index is 2.30. The molecule has 0 saturated heterocycles. The maximum Gasteiger partial charge on any atom is 0.411 e. The van der Waals surface area contributed by atoms with Crippen LogP contribution in [0.25, 0.3) is 0 Å². The summed E-state index contributed by atoms with van der Waals surface area (Å²) < 4.78 is 40.8. The summed E-state index contributed by atoms with van der Waals surface area (Å²) in [4.78, 5) is 0. The summed E-state index contributed by atoms with van der Waals surface area (Å²) in [5, 5.41) is 0. The largest absolute Gasteiger partial charge is 0.411 e. The van der Waals surface area contributed by atoms with Crippen molar-refractivity contribution in [2.75, 3.05) is 6.61 Å². The van der Waals surface area contributed by atoms with Gasteiger partial charge in [-0.3, -0.25) is 0 Å². The molecule has 1 fully saturated rings.